The van der Waals surface area contributed by atoms with Crippen molar-refractivity contribution in [2.75, 3.05) is 26.3 Å². The first kappa shape index (κ1) is 12.5. The summed E-state index contributed by atoms with van der Waals surface area (Å²) in [6, 6.07) is 7.74. The van der Waals surface area contributed by atoms with Crippen molar-refractivity contribution in [2.24, 2.45) is 0 Å². The van der Waals surface area contributed by atoms with Crippen molar-refractivity contribution in [3.63, 3.8) is 0 Å². The first-order valence-electron chi connectivity index (χ1n) is 6.34. The number of hydrogen-bond donors (Lipinski definition) is 0. The van der Waals surface area contributed by atoms with Gasteiger partial charge in [-0.1, -0.05) is 23.7 Å². The van der Waals surface area contributed by atoms with Crippen molar-refractivity contribution in [1.29, 1.82) is 0 Å². The van der Waals surface area contributed by atoms with Gasteiger partial charge in [-0.25, -0.2) is 0 Å². The van der Waals surface area contributed by atoms with Gasteiger partial charge in [-0.15, -0.1) is 0 Å². The zero-order chi connectivity index (χ0) is 13.2. The fourth-order valence-corrected chi connectivity index (χ4v) is 2.69. The molecule has 1 fully saturated rings. The Labute approximate surface area is 116 Å². The van der Waals surface area contributed by atoms with E-state index in [0.29, 0.717) is 37.9 Å². The van der Waals surface area contributed by atoms with Gasteiger partial charge in [-0.3, -0.25) is 4.79 Å². The SMILES string of the molecule is O=C(Cn1ccc2cccc(Cl)c21)N1CCOCC1. The van der Waals surface area contributed by atoms with E-state index in [0.717, 1.165) is 10.9 Å². The van der Waals surface area contributed by atoms with Crippen LogP contribution in [0.3, 0.4) is 0 Å². The molecule has 0 atom stereocenters. The van der Waals surface area contributed by atoms with Gasteiger partial charge in [0.25, 0.3) is 0 Å². The van der Waals surface area contributed by atoms with Crippen LogP contribution in [0.1, 0.15) is 0 Å². The Bertz CT molecular complexity index is 603. The highest BCUT2D eigenvalue weighted by molar-refractivity contribution is 6.35. The van der Waals surface area contributed by atoms with Crippen LogP contribution in [-0.2, 0) is 16.1 Å². The maximum atomic E-state index is 12.2. The zero-order valence-electron chi connectivity index (χ0n) is 10.5. The first-order chi connectivity index (χ1) is 9.25. The lowest BCUT2D eigenvalue weighted by atomic mass is 10.2. The molecule has 1 aromatic heterocycles. The summed E-state index contributed by atoms with van der Waals surface area (Å²) in [7, 11) is 0. The minimum atomic E-state index is 0.112. The molecule has 1 saturated heterocycles. The Morgan fingerprint density at radius 3 is 2.84 bits per heavy atom. The average molecular weight is 279 g/mol. The fraction of sp³-hybridized carbons (Fsp3) is 0.357. The Kier molecular flexibility index (Phi) is 3.44. The topological polar surface area (TPSA) is 34.5 Å². The third-order valence-corrected chi connectivity index (χ3v) is 3.71. The number of morpholine rings is 1. The van der Waals surface area contributed by atoms with Gasteiger partial charge in [0.15, 0.2) is 0 Å². The second-order valence-corrected chi connectivity index (χ2v) is 5.02. The number of benzene rings is 1. The molecule has 3 rings (SSSR count). The quantitative estimate of drug-likeness (QED) is 0.844. The molecule has 5 heteroatoms. The van der Waals surface area contributed by atoms with Crippen molar-refractivity contribution < 1.29 is 9.53 Å². The number of hydrogen-bond acceptors (Lipinski definition) is 2. The predicted molar refractivity (Wildman–Crippen MR) is 74.3 cm³/mol. The molecule has 1 aliphatic rings. The highest BCUT2D eigenvalue weighted by Gasteiger charge is 2.18. The molecule has 0 N–H and O–H groups in total. The minimum Gasteiger partial charge on any atom is -0.378 e. The molecule has 0 spiro atoms. The summed E-state index contributed by atoms with van der Waals surface area (Å²) in [6.07, 6.45) is 1.91. The Balaban J connectivity index is 1.83. The van der Waals surface area contributed by atoms with E-state index in [1.54, 1.807) is 0 Å². The summed E-state index contributed by atoms with van der Waals surface area (Å²) in [5.74, 6) is 0.112. The van der Waals surface area contributed by atoms with E-state index in [1.165, 1.54) is 0 Å². The second kappa shape index (κ2) is 5.23. The number of rotatable bonds is 2. The molecule has 0 radical (unpaired) electrons. The van der Waals surface area contributed by atoms with Gasteiger partial charge < -0.3 is 14.2 Å². The number of ether oxygens (including phenoxy) is 1. The molecule has 2 heterocycles. The van der Waals surface area contributed by atoms with Gasteiger partial charge in [0.2, 0.25) is 5.91 Å². The Morgan fingerprint density at radius 2 is 2.05 bits per heavy atom. The maximum absolute atomic E-state index is 12.2. The van der Waals surface area contributed by atoms with Crippen molar-refractivity contribution in [3.8, 4) is 0 Å². The number of amides is 1. The summed E-state index contributed by atoms with van der Waals surface area (Å²) in [6.45, 7) is 2.92. The maximum Gasteiger partial charge on any atom is 0.242 e. The zero-order valence-corrected chi connectivity index (χ0v) is 11.3. The van der Waals surface area contributed by atoms with Crippen LogP contribution >= 0.6 is 11.6 Å². The number of para-hydroxylation sites is 1. The molecule has 1 aromatic carbocycles. The number of carbonyl (C=O) groups is 1. The van der Waals surface area contributed by atoms with Crippen LogP contribution in [0.2, 0.25) is 5.02 Å². The van der Waals surface area contributed by atoms with Crippen LogP contribution in [0.5, 0.6) is 0 Å². The van der Waals surface area contributed by atoms with Crippen molar-refractivity contribution in [3.05, 3.63) is 35.5 Å². The summed E-state index contributed by atoms with van der Waals surface area (Å²) in [4.78, 5) is 14.1. The molecule has 0 bridgehead atoms. The van der Waals surface area contributed by atoms with Crippen LogP contribution in [0.25, 0.3) is 10.9 Å². The van der Waals surface area contributed by atoms with Crippen LogP contribution in [0, 0.1) is 0 Å². The highest BCUT2D eigenvalue weighted by atomic mass is 35.5. The smallest absolute Gasteiger partial charge is 0.242 e. The first-order valence-corrected chi connectivity index (χ1v) is 6.72. The van der Waals surface area contributed by atoms with Gasteiger partial charge in [-0.05, 0) is 12.1 Å². The number of halogens is 1. The van der Waals surface area contributed by atoms with Crippen LogP contribution in [-0.4, -0.2) is 41.7 Å². The molecular formula is C14H15ClN2O2. The van der Waals surface area contributed by atoms with E-state index in [9.17, 15) is 4.79 Å². The Morgan fingerprint density at radius 1 is 1.26 bits per heavy atom. The standard InChI is InChI=1S/C14H15ClN2O2/c15-12-3-1-2-11-4-5-17(14(11)12)10-13(18)16-6-8-19-9-7-16/h1-5H,6-10H2. The molecule has 100 valence electrons. The molecule has 0 aliphatic carbocycles. The van der Waals surface area contributed by atoms with Crippen molar-refractivity contribution in [2.45, 2.75) is 6.54 Å². The van der Waals surface area contributed by atoms with Gasteiger partial charge in [-0.2, -0.15) is 0 Å². The second-order valence-electron chi connectivity index (χ2n) is 4.61. The monoisotopic (exact) mass is 278 g/mol. The van der Waals surface area contributed by atoms with Crippen LogP contribution < -0.4 is 0 Å². The van der Waals surface area contributed by atoms with E-state index in [-0.39, 0.29) is 5.91 Å². The molecule has 2 aromatic rings. The summed E-state index contributed by atoms with van der Waals surface area (Å²) >= 11 is 6.21. The molecule has 0 saturated carbocycles. The van der Waals surface area contributed by atoms with E-state index in [1.807, 2.05) is 39.9 Å². The number of fused-ring (bicyclic) bond motifs is 1. The fourth-order valence-electron chi connectivity index (χ4n) is 2.40. The van der Waals surface area contributed by atoms with Gasteiger partial charge in [0.05, 0.1) is 23.8 Å². The minimum absolute atomic E-state index is 0.112. The lowest BCUT2D eigenvalue weighted by Crippen LogP contribution is -2.42. The van der Waals surface area contributed by atoms with Gasteiger partial charge >= 0.3 is 0 Å². The largest absolute Gasteiger partial charge is 0.378 e. The molecule has 4 nitrogen and oxygen atoms in total. The number of aromatic nitrogens is 1. The predicted octanol–water partition coefficient (Wildman–Crippen LogP) is 2.15. The number of nitrogens with zero attached hydrogens (tertiary/aromatic N) is 2. The molecular weight excluding hydrogens is 264 g/mol. The van der Waals surface area contributed by atoms with Gasteiger partial charge in [0, 0.05) is 24.7 Å². The summed E-state index contributed by atoms with van der Waals surface area (Å²) < 4.78 is 7.16. The van der Waals surface area contributed by atoms with Crippen molar-refractivity contribution in [1.82, 2.24) is 9.47 Å². The normalized spacial score (nSPS) is 15.9. The Hall–Kier alpha value is -1.52. The molecule has 0 unspecified atom stereocenters. The molecule has 19 heavy (non-hydrogen) atoms. The summed E-state index contributed by atoms with van der Waals surface area (Å²) in [5, 5.41) is 1.74. The van der Waals surface area contributed by atoms with Crippen molar-refractivity contribution >= 4 is 28.4 Å². The lowest BCUT2D eigenvalue weighted by molar-refractivity contribution is -0.135. The third-order valence-electron chi connectivity index (χ3n) is 3.41. The van der Waals surface area contributed by atoms with Gasteiger partial charge in [0.1, 0.15) is 6.54 Å². The lowest BCUT2D eigenvalue weighted by Gasteiger charge is -2.27. The third kappa shape index (κ3) is 2.46. The van der Waals surface area contributed by atoms with E-state index >= 15 is 0 Å². The van der Waals surface area contributed by atoms with Crippen LogP contribution in [0.4, 0.5) is 0 Å². The number of carbonyl (C=O) groups excluding carboxylic acids is 1. The molecule has 1 aliphatic heterocycles. The van der Waals surface area contributed by atoms with E-state index in [2.05, 4.69) is 0 Å². The highest BCUT2D eigenvalue weighted by Crippen LogP contribution is 2.24. The van der Waals surface area contributed by atoms with Crippen LogP contribution in [0.15, 0.2) is 30.5 Å². The van der Waals surface area contributed by atoms with E-state index in [4.69, 9.17) is 16.3 Å². The molecule has 1 amide bonds. The van der Waals surface area contributed by atoms with E-state index < -0.39 is 0 Å². The average Bonchev–Trinajstić information content (AvgIpc) is 2.84. The summed E-state index contributed by atoms with van der Waals surface area (Å²) in [5.41, 5.74) is 0.922.